The molecule has 0 aliphatic carbocycles. The van der Waals surface area contributed by atoms with Crippen molar-refractivity contribution < 1.29 is 4.74 Å². The predicted octanol–water partition coefficient (Wildman–Crippen LogP) is 1.33. The molecule has 25 heavy (non-hydrogen) atoms. The number of hydrogen-bond donors (Lipinski definition) is 0. The maximum Gasteiger partial charge on any atom is 0.266 e. The van der Waals surface area contributed by atoms with Crippen molar-refractivity contribution in [1.29, 1.82) is 0 Å². The van der Waals surface area contributed by atoms with Crippen LogP contribution in [0.15, 0.2) is 23.0 Å². The molecule has 2 aliphatic rings. The van der Waals surface area contributed by atoms with Crippen LogP contribution in [0.2, 0.25) is 0 Å². The van der Waals surface area contributed by atoms with Crippen molar-refractivity contribution in [3.8, 4) is 0 Å². The van der Waals surface area contributed by atoms with E-state index in [0.29, 0.717) is 19.1 Å². The summed E-state index contributed by atoms with van der Waals surface area (Å²) in [5.74, 6) is 1.41. The number of fused-ring (bicyclic) bond motifs is 1. The van der Waals surface area contributed by atoms with Crippen molar-refractivity contribution in [1.82, 2.24) is 20.0 Å². The van der Waals surface area contributed by atoms with Crippen LogP contribution < -0.4 is 10.5 Å². The summed E-state index contributed by atoms with van der Waals surface area (Å²) >= 11 is 0. The molecule has 7 nitrogen and oxygen atoms in total. The van der Waals surface area contributed by atoms with Crippen LogP contribution in [0.1, 0.15) is 29.8 Å². The van der Waals surface area contributed by atoms with Gasteiger partial charge < -0.3 is 9.64 Å². The van der Waals surface area contributed by atoms with E-state index < -0.39 is 0 Å². The van der Waals surface area contributed by atoms with Crippen LogP contribution in [0.5, 0.6) is 0 Å². The first-order valence-corrected chi connectivity index (χ1v) is 8.92. The first kappa shape index (κ1) is 16.2. The zero-order valence-electron chi connectivity index (χ0n) is 14.5. The summed E-state index contributed by atoms with van der Waals surface area (Å²) in [5, 5.41) is 13.1. The number of piperidine rings is 1. The highest BCUT2D eigenvalue weighted by Crippen LogP contribution is 2.24. The van der Waals surface area contributed by atoms with E-state index in [1.54, 1.807) is 16.8 Å². The van der Waals surface area contributed by atoms with Gasteiger partial charge in [0.25, 0.3) is 5.56 Å². The smallest absolute Gasteiger partial charge is 0.266 e. The molecule has 0 radical (unpaired) electrons. The van der Waals surface area contributed by atoms with Gasteiger partial charge in [-0.25, -0.2) is 4.68 Å². The van der Waals surface area contributed by atoms with Gasteiger partial charge in [0.15, 0.2) is 5.82 Å². The van der Waals surface area contributed by atoms with E-state index in [4.69, 9.17) is 4.74 Å². The Morgan fingerprint density at radius 1 is 1.24 bits per heavy atom. The second-order valence-electron chi connectivity index (χ2n) is 6.90. The summed E-state index contributed by atoms with van der Waals surface area (Å²) in [5.41, 5.74) is 3.08. The molecule has 4 heterocycles. The van der Waals surface area contributed by atoms with E-state index in [0.717, 1.165) is 61.7 Å². The Morgan fingerprint density at radius 3 is 2.92 bits per heavy atom. The minimum absolute atomic E-state index is 0.0198. The van der Waals surface area contributed by atoms with Crippen molar-refractivity contribution in [2.45, 2.75) is 39.3 Å². The van der Waals surface area contributed by atoms with Gasteiger partial charge >= 0.3 is 0 Å². The lowest BCUT2D eigenvalue weighted by Gasteiger charge is -2.33. The van der Waals surface area contributed by atoms with Crippen molar-refractivity contribution in [2.75, 3.05) is 24.6 Å². The molecule has 1 saturated heterocycles. The molecule has 0 N–H and O–H groups in total. The van der Waals surface area contributed by atoms with Crippen LogP contribution in [0.25, 0.3) is 0 Å². The molecular formula is C18H23N5O2. The summed E-state index contributed by atoms with van der Waals surface area (Å²) in [4.78, 5) is 14.2. The fraction of sp³-hybridized carbons (Fsp3) is 0.556. The molecule has 2 aliphatic heterocycles. The van der Waals surface area contributed by atoms with Gasteiger partial charge in [0.05, 0.1) is 24.6 Å². The quantitative estimate of drug-likeness (QED) is 0.839. The van der Waals surface area contributed by atoms with Crippen LogP contribution >= 0.6 is 0 Å². The van der Waals surface area contributed by atoms with Crippen molar-refractivity contribution in [3.63, 3.8) is 0 Å². The summed E-state index contributed by atoms with van der Waals surface area (Å²) in [6.07, 6.45) is 2.90. The molecule has 132 valence electrons. The Labute approximate surface area is 146 Å². The normalized spacial score (nSPS) is 18.2. The van der Waals surface area contributed by atoms with Gasteiger partial charge in [0, 0.05) is 37.7 Å². The maximum atomic E-state index is 11.9. The molecule has 1 fully saturated rings. The van der Waals surface area contributed by atoms with E-state index in [2.05, 4.69) is 26.3 Å². The zero-order chi connectivity index (χ0) is 17.2. The summed E-state index contributed by atoms with van der Waals surface area (Å²) in [6, 6.07) is 5.48. The number of aryl methyl sites for hydroxylation is 1. The Balaban J connectivity index is 1.40. The second kappa shape index (κ2) is 6.92. The first-order chi connectivity index (χ1) is 12.2. The van der Waals surface area contributed by atoms with Crippen LogP contribution in [0.4, 0.5) is 5.82 Å². The van der Waals surface area contributed by atoms with Gasteiger partial charge in [-0.15, -0.1) is 5.10 Å². The Bertz CT molecular complexity index is 811. The number of anilines is 1. The average Bonchev–Trinajstić information content (AvgIpc) is 2.65. The van der Waals surface area contributed by atoms with E-state index in [9.17, 15) is 4.79 Å². The lowest BCUT2D eigenvalue weighted by molar-refractivity contribution is 0.108. The minimum atomic E-state index is -0.0198. The molecule has 4 rings (SSSR count). The van der Waals surface area contributed by atoms with E-state index in [-0.39, 0.29) is 5.56 Å². The fourth-order valence-electron chi connectivity index (χ4n) is 3.56. The molecule has 0 spiro atoms. The topological polar surface area (TPSA) is 73.1 Å². The molecule has 0 bridgehead atoms. The van der Waals surface area contributed by atoms with Crippen molar-refractivity contribution in [2.24, 2.45) is 5.92 Å². The molecule has 0 unspecified atom stereocenters. The van der Waals surface area contributed by atoms with E-state index in [1.807, 2.05) is 6.92 Å². The lowest BCUT2D eigenvalue weighted by Crippen LogP contribution is -2.37. The monoisotopic (exact) mass is 341 g/mol. The Kier molecular flexibility index (Phi) is 4.48. The molecule has 7 heteroatoms. The summed E-state index contributed by atoms with van der Waals surface area (Å²) < 4.78 is 7.12. The lowest BCUT2D eigenvalue weighted by atomic mass is 9.96. The molecule has 0 saturated carbocycles. The van der Waals surface area contributed by atoms with Crippen LogP contribution in [0.3, 0.4) is 0 Å². The van der Waals surface area contributed by atoms with E-state index in [1.165, 1.54) is 0 Å². The molecule has 0 atom stereocenters. The number of rotatable bonds is 3. The highest BCUT2D eigenvalue weighted by Gasteiger charge is 2.23. The average molecular weight is 341 g/mol. The SMILES string of the molecule is Cc1ccc(=O)n(CC2CCN(c3cc4c(nn3)CCOC4)CC2)n1. The van der Waals surface area contributed by atoms with Gasteiger partial charge in [-0.3, -0.25) is 4.79 Å². The van der Waals surface area contributed by atoms with Gasteiger partial charge in [0.2, 0.25) is 0 Å². The molecule has 0 aromatic carbocycles. The largest absolute Gasteiger partial charge is 0.376 e. The molecular weight excluding hydrogens is 318 g/mol. The van der Waals surface area contributed by atoms with Crippen LogP contribution in [0, 0.1) is 12.8 Å². The highest BCUT2D eigenvalue weighted by atomic mass is 16.5. The van der Waals surface area contributed by atoms with Gasteiger partial charge in [-0.1, -0.05) is 0 Å². The standard InChI is InChI=1S/C18H23N5O2/c1-13-2-3-18(24)23(21-13)11-14-4-7-22(8-5-14)17-10-15-12-25-9-6-16(15)19-20-17/h2-3,10,14H,4-9,11-12H2,1H3. The Morgan fingerprint density at radius 2 is 2.08 bits per heavy atom. The summed E-state index contributed by atoms with van der Waals surface area (Å²) in [6.45, 7) is 5.84. The third-order valence-corrected chi connectivity index (χ3v) is 5.06. The third kappa shape index (κ3) is 3.56. The summed E-state index contributed by atoms with van der Waals surface area (Å²) in [7, 11) is 0. The van der Waals surface area contributed by atoms with Crippen LogP contribution in [-0.4, -0.2) is 39.7 Å². The fourth-order valence-corrected chi connectivity index (χ4v) is 3.56. The molecule has 2 aromatic heterocycles. The minimum Gasteiger partial charge on any atom is -0.376 e. The molecule has 2 aromatic rings. The highest BCUT2D eigenvalue weighted by molar-refractivity contribution is 5.42. The Hall–Kier alpha value is -2.28. The van der Waals surface area contributed by atoms with Crippen molar-refractivity contribution >= 4 is 5.82 Å². The number of aromatic nitrogens is 4. The molecule has 0 amide bonds. The third-order valence-electron chi connectivity index (χ3n) is 5.06. The van der Waals surface area contributed by atoms with Crippen LogP contribution in [-0.2, 0) is 24.3 Å². The first-order valence-electron chi connectivity index (χ1n) is 8.92. The predicted molar refractivity (Wildman–Crippen MR) is 93.6 cm³/mol. The van der Waals surface area contributed by atoms with Gasteiger partial charge in [-0.2, -0.15) is 10.2 Å². The zero-order valence-corrected chi connectivity index (χ0v) is 14.5. The number of ether oxygens (including phenoxy) is 1. The number of nitrogens with zero attached hydrogens (tertiary/aromatic N) is 5. The van der Waals surface area contributed by atoms with Gasteiger partial charge in [-0.05, 0) is 37.8 Å². The maximum absolute atomic E-state index is 11.9. The number of hydrogen-bond acceptors (Lipinski definition) is 6. The van der Waals surface area contributed by atoms with Gasteiger partial charge in [0.1, 0.15) is 0 Å². The van der Waals surface area contributed by atoms with Crippen molar-refractivity contribution in [3.05, 3.63) is 45.5 Å². The van der Waals surface area contributed by atoms with E-state index >= 15 is 0 Å². The second-order valence-corrected chi connectivity index (χ2v) is 6.90.